The van der Waals surface area contributed by atoms with Crippen molar-refractivity contribution in [2.24, 2.45) is 0 Å². The summed E-state index contributed by atoms with van der Waals surface area (Å²) in [5, 5.41) is 2.74. The lowest BCUT2D eigenvalue weighted by molar-refractivity contribution is 0.102. The van der Waals surface area contributed by atoms with Crippen LogP contribution in [0.5, 0.6) is 0 Å². The summed E-state index contributed by atoms with van der Waals surface area (Å²) in [6.45, 7) is 2.69. The Bertz CT molecular complexity index is 655. The standard InChI is InChI=1S/C17H17FN2O2/c18-14-10-15(19-17(21)13-4-2-1-3-5-13)12-16(11-14)20-6-8-22-9-7-20/h1-5,10-12H,6-9H2,(H,19,21). The number of carbonyl (C=O) groups excluding carboxylic acids is 1. The number of benzene rings is 2. The molecule has 114 valence electrons. The minimum absolute atomic E-state index is 0.251. The van der Waals surface area contributed by atoms with Crippen molar-refractivity contribution in [3.05, 3.63) is 59.9 Å². The van der Waals surface area contributed by atoms with Gasteiger partial charge in [-0.25, -0.2) is 4.39 Å². The molecule has 0 unspecified atom stereocenters. The molecular formula is C17H17FN2O2. The molecule has 1 saturated heterocycles. The lowest BCUT2D eigenvalue weighted by atomic mass is 10.2. The molecule has 0 bridgehead atoms. The van der Waals surface area contributed by atoms with Crippen molar-refractivity contribution in [3.8, 4) is 0 Å². The average Bonchev–Trinajstić information content (AvgIpc) is 2.56. The minimum atomic E-state index is -0.368. The van der Waals surface area contributed by atoms with Gasteiger partial charge in [-0.15, -0.1) is 0 Å². The van der Waals surface area contributed by atoms with Crippen LogP contribution in [0.15, 0.2) is 48.5 Å². The monoisotopic (exact) mass is 300 g/mol. The van der Waals surface area contributed by atoms with E-state index >= 15 is 0 Å². The van der Waals surface area contributed by atoms with Gasteiger partial charge in [-0.3, -0.25) is 4.79 Å². The molecule has 0 spiro atoms. The zero-order valence-electron chi connectivity index (χ0n) is 12.1. The second-order valence-electron chi connectivity index (χ2n) is 5.12. The summed E-state index contributed by atoms with van der Waals surface area (Å²) >= 11 is 0. The number of anilines is 2. The average molecular weight is 300 g/mol. The topological polar surface area (TPSA) is 41.6 Å². The number of halogens is 1. The number of nitrogens with one attached hydrogen (secondary N) is 1. The van der Waals surface area contributed by atoms with Gasteiger partial charge in [-0.05, 0) is 30.3 Å². The third-order valence-corrected chi connectivity index (χ3v) is 3.55. The van der Waals surface area contributed by atoms with Gasteiger partial charge >= 0.3 is 0 Å². The fourth-order valence-corrected chi connectivity index (χ4v) is 2.44. The Balaban J connectivity index is 1.79. The van der Waals surface area contributed by atoms with Crippen molar-refractivity contribution in [1.29, 1.82) is 0 Å². The van der Waals surface area contributed by atoms with Crippen LogP contribution in [0.2, 0.25) is 0 Å². The van der Waals surface area contributed by atoms with Crippen LogP contribution >= 0.6 is 0 Å². The van der Waals surface area contributed by atoms with Crippen molar-refractivity contribution in [2.45, 2.75) is 0 Å². The van der Waals surface area contributed by atoms with Gasteiger partial charge in [-0.2, -0.15) is 0 Å². The largest absolute Gasteiger partial charge is 0.378 e. The Kier molecular flexibility index (Phi) is 4.34. The quantitative estimate of drug-likeness (QED) is 0.947. The normalized spacial score (nSPS) is 14.7. The lowest BCUT2D eigenvalue weighted by Crippen LogP contribution is -2.36. The Morgan fingerprint density at radius 1 is 1.09 bits per heavy atom. The number of nitrogens with zero attached hydrogens (tertiary/aromatic N) is 1. The van der Waals surface area contributed by atoms with E-state index in [0.29, 0.717) is 24.5 Å². The molecule has 0 saturated carbocycles. The zero-order valence-corrected chi connectivity index (χ0v) is 12.1. The molecule has 22 heavy (non-hydrogen) atoms. The lowest BCUT2D eigenvalue weighted by Gasteiger charge is -2.29. The highest BCUT2D eigenvalue weighted by Crippen LogP contribution is 2.23. The summed E-state index contributed by atoms with van der Waals surface area (Å²) < 4.78 is 19.1. The van der Waals surface area contributed by atoms with Gasteiger partial charge in [0.2, 0.25) is 0 Å². The molecule has 2 aromatic rings. The van der Waals surface area contributed by atoms with E-state index in [0.717, 1.165) is 18.8 Å². The van der Waals surface area contributed by atoms with Crippen molar-refractivity contribution in [1.82, 2.24) is 0 Å². The van der Waals surface area contributed by atoms with Crippen LogP contribution in [-0.2, 0) is 4.74 Å². The zero-order chi connectivity index (χ0) is 15.4. The molecule has 1 fully saturated rings. The van der Waals surface area contributed by atoms with E-state index in [-0.39, 0.29) is 11.7 Å². The summed E-state index contributed by atoms with van der Waals surface area (Å²) in [6.07, 6.45) is 0. The van der Waals surface area contributed by atoms with Gasteiger partial charge in [0.15, 0.2) is 0 Å². The number of morpholine rings is 1. The van der Waals surface area contributed by atoms with E-state index in [1.54, 1.807) is 30.3 Å². The maximum Gasteiger partial charge on any atom is 0.255 e. The first-order chi connectivity index (χ1) is 10.7. The van der Waals surface area contributed by atoms with E-state index < -0.39 is 0 Å². The Morgan fingerprint density at radius 3 is 2.55 bits per heavy atom. The maximum atomic E-state index is 13.8. The van der Waals surface area contributed by atoms with Crippen LogP contribution in [0.4, 0.5) is 15.8 Å². The first-order valence-corrected chi connectivity index (χ1v) is 7.22. The number of carbonyl (C=O) groups is 1. The number of hydrogen-bond donors (Lipinski definition) is 1. The van der Waals surface area contributed by atoms with Gasteiger partial charge in [0.25, 0.3) is 5.91 Å². The molecule has 0 aliphatic carbocycles. The van der Waals surface area contributed by atoms with E-state index in [1.165, 1.54) is 12.1 Å². The molecule has 1 N–H and O–H groups in total. The smallest absolute Gasteiger partial charge is 0.255 e. The molecule has 3 rings (SSSR count). The van der Waals surface area contributed by atoms with Crippen LogP contribution in [0, 0.1) is 5.82 Å². The maximum absolute atomic E-state index is 13.8. The highest BCUT2D eigenvalue weighted by atomic mass is 19.1. The van der Waals surface area contributed by atoms with E-state index in [9.17, 15) is 9.18 Å². The predicted octanol–water partition coefficient (Wildman–Crippen LogP) is 2.91. The van der Waals surface area contributed by atoms with E-state index in [4.69, 9.17) is 4.74 Å². The number of hydrogen-bond acceptors (Lipinski definition) is 3. The summed E-state index contributed by atoms with van der Waals surface area (Å²) in [5.41, 5.74) is 1.75. The molecule has 1 amide bonds. The predicted molar refractivity (Wildman–Crippen MR) is 83.8 cm³/mol. The molecule has 5 heteroatoms. The molecule has 1 aliphatic heterocycles. The molecule has 0 aromatic heterocycles. The number of amides is 1. The summed E-state index contributed by atoms with van der Waals surface area (Å²) in [4.78, 5) is 14.2. The molecule has 0 atom stereocenters. The van der Waals surface area contributed by atoms with Crippen LogP contribution in [0.25, 0.3) is 0 Å². The molecule has 2 aromatic carbocycles. The minimum Gasteiger partial charge on any atom is -0.378 e. The Hall–Kier alpha value is -2.40. The highest BCUT2D eigenvalue weighted by Gasteiger charge is 2.14. The van der Waals surface area contributed by atoms with E-state index in [2.05, 4.69) is 5.32 Å². The summed E-state index contributed by atoms with van der Waals surface area (Å²) in [5.74, 6) is -0.619. The Labute approximate surface area is 128 Å². The third kappa shape index (κ3) is 3.43. The second-order valence-corrected chi connectivity index (χ2v) is 5.12. The van der Waals surface area contributed by atoms with Crippen molar-refractivity contribution in [2.75, 3.05) is 36.5 Å². The second kappa shape index (κ2) is 6.58. The van der Waals surface area contributed by atoms with Gasteiger partial charge in [0.05, 0.1) is 13.2 Å². The van der Waals surface area contributed by atoms with Crippen molar-refractivity contribution in [3.63, 3.8) is 0 Å². The van der Waals surface area contributed by atoms with E-state index in [1.807, 2.05) is 11.0 Å². The van der Waals surface area contributed by atoms with Gasteiger partial charge < -0.3 is 15.0 Å². The van der Waals surface area contributed by atoms with Crippen LogP contribution in [0.1, 0.15) is 10.4 Å². The van der Waals surface area contributed by atoms with Gasteiger partial charge in [-0.1, -0.05) is 18.2 Å². The first kappa shape index (κ1) is 14.5. The number of rotatable bonds is 3. The fourth-order valence-electron chi connectivity index (χ4n) is 2.44. The molecule has 1 aliphatic rings. The Morgan fingerprint density at radius 2 is 1.82 bits per heavy atom. The molecule has 0 radical (unpaired) electrons. The van der Waals surface area contributed by atoms with Crippen molar-refractivity contribution >= 4 is 17.3 Å². The third-order valence-electron chi connectivity index (χ3n) is 3.55. The summed E-state index contributed by atoms with van der Waals surface area (Å²) in [6, 6.07) is 13.5. The molecule has 1 heterocycles. The number of ether oxygens (including phenoxy) is 1. The van der Waals surface area contributed by atoms with Crippen LogP contribution in [0.3, 0.4) is 0 Å². The first-order valence-electron chi connectivity index (χ1n) is 7.22. The van der Waals surface area contributed by atoms with Gasteiger partial charge in [0.1, 0.15) is 5.82 Å². The van der Waals surface area contributed by atoms with Crippen molar-refractivity contribution < 1.29 is 13.9 Å². The fraction of sp³-hybridized carbons (Fsp3) is 0.235. The van der Waals surface area contributed by atoms with Crippen LogP contribution in [-0.4, -0.2) is 32.2 Å². The summed E-state index contributed by atoms with van der Waals surface area (Å²) in [7, 11) is 0. The molecule has 4 nitrogen and oxygen atoms in total. The molecular weight excluding hydrogens is 283 g/mol. The SMILES string of the molecule is O=C(Nc1cc(F)cc(N2CCOCC2)c1)c1ccccc1. The van der Waals surface area contributed by atoms with Gasteiger partial charge in [0, 0.05) is 30.0 Å². The highest BCUT2D eigenvalue weighted by molar-refractivity contribution is 6.04. The van der Waals surface area contributed by atoms with Crippen LogP contribution < -0.4 is 10.2 Å².